The van der Waals surface area contributed by atoms with E-state index in [0.717, 1.165) is 17.8 Å². The first-order valence-corrected chi connectivity index (χ1v) is 11.3. The van der Waals surface area contributed by atoms with Crippen LogP contribution in [0.2, 0.25) is 5.02 Å². The fraction of sp³-hybridized carbons (Fsp3) is 0.300. The van der Waals surface area contributed by atoms with Crippen molar-refractivity contribution in [2.45, 2.75) is 23.7 Å². The quantitative estimate of drug-likeness (QED) is 0.612. The van der Waals surface area contributed by atoms with E-state index in [4.69, 9.17) is 11.6 Å². The van der Waals surface area contributed by atoms with Gasteiger partial charge in [-0.3, -0.25) is 0 Å². The Kier molecular flexibility index (Phi) is 5.52. The van der Waals surface area contributed by atoms with Crippen molar-refractivity contribution < 1.29 is 12.8 Å². The number of benzene rings is 2. The second-order valence-corrected chi connectivity index (χ2v) is 9.53. The number of aryl methyl sites for hydroxylation is 1. The zero-order valence-corrected chi connectivity index (χ0v) is 17.8. The highest BCUT2D eigenvalue weighted by atomic mass is 35.5. The average Bonchev–Trinajstić information content (AvgIpc) is 3.05. The molecule has 0 N–H and O–H groups in total. The highest BCUT2D eigenvalue weighted by molar-refractivity contribution is 7.89. The molecule has 158 valence electrons. The van der Waals surface area contributed by atoms with E-state index < -0.39 is 15.8 Å². The van der Waals surface area contributed by atoms with E-state index >= 15 is 0 Å². The molecule has 4 rings (SSSR count). The van der Waals surface area contributed by atoms with Crippen LogP contribution >= 0.6 is 11.6 Å². The summed E-state index contributed by atoms with van der Waals surface area (Å²) < 4.78 is 43.5. The van der Waals surface area contributed by atoms with Crippen molar-refractivity contribution >= 4 is 21.6 Å². The van der Waals surface area contributed by atoms with Crippen molar-refractivity contribution in [2.75, 3.05) is 13.1 Å². The smallest absolute Gasteiger partial charge is 0.247 e. The van der Waals surface area contributed by atoms with Gasteiger partial charge in [-0.05, 0) is 43.2 Å². The Labute approximate surface area is 178 Å². The summed E-state index contributed by atoms with van der Waals surface area (Å²) in [5.41, 5.74) is 0.480. The Bertz CT molecular complexity index is 1230. The summed E-state index contributed by atoms with van der Waals surface area (Å²) in [6, 6.07) is 12.6. The van der Waals surface area contributed by atoms with Gasteiger partial charge in [0.15, 0.2) is 0 Å². The average molecular weight is 451 g/mol. The van der Waals surface area contributed by atoms with Crippen molar-refractivity contribution in [3.8, 4) is 5.69 Å². The second-order valence-electron chi connectivity index (χ2n) is 7.19. The molecule has 1 aliphatic heterocycles. The molecule has 0 bridgehead atoms. The van der Waals surface area contributed by atoms with Gasteiger partial charge in [-0.2, -0.15) is 9.40 Å². The molecule has 3 aromatic rings. The van der Waals surface area contributed by atoms with Crippen molar-refractivity contribution in [1.29, 1.82) is 0 Å². The second kappa shape index (κ2) is 7.98. The molecule has 2 heterocycles. The zero-order chi connectivity index (χ0) is 21.5. The van der Waals surface area contributed by atoms with E-state index in [-0.39, 0.29) is 34.6 Å². The summed E-state index contributed by atoms with van der Waals surface area (Å²) in [6.07, 6.45) is 1.02. The van der Waals surface area contributed by atoms with Crippen LogP contribution in [-0.2, 0) is 17.1 Å². The molecule has 7 nitrogen and oxygen atoms in total. The first-order valence-electron chi connectivity index (χ1n) is 9.45. The Morgan fingerprint density at radius 3 is 2.40 bits per heavy atom. The molecule has 0 unspecified atom stereocenters. The summed E-state index contributed by atoms with van der Waals surface area (Å²) in [7, 11) is -2.18. The number of piperidine rings is 1. The van der Waals surface area contributed by atoms with Gasteiger partial charge in [-0.1, -0.05) is 29.8 Å². The van der Waals surface area contributed by atoms with Crippen LogP contribution in [0.5, 0.6) is 0 Å². The molecule has 1 aromatic heterocycles. The Hall–Kier alpha value is -2.49. The van der Waals surface area contributed by atoms with Crippen molar-refractivity contribution in [3.05, 3.63) is 75.7 Å². The molecule has 0 radical (unpaired) electrons. The van der Waals surface area contributed by atoms with Gasteiger partial charge in [0, 0.05) is 26.1 Å². The van der Waals surface area contributed by atoms with Gasteiger partial charge in [0.05, 0.1) is 15.6 Å². The lowest BCUT2D eigenvalue weighted by molar-refractivity contribution is 0.311. The van der Waals surface area contributed by atoms with Crippen LogP contribution in [-0.4, -0.2) is 40.2 Å². The number of nitrogens with zero attached hydrogens (tertiary/aromatic N) is 4. The number of rotatable bonds is 4. The van der Waals surface area contributed by atoms with Gasteiger partial charge in [0.25, 0.3) is 0 Å². The van der Waals surface area contributed by atoms with E-state index in [1.165, 1.54) is 15.1 Å². The van der Waals surface area contributed by atoms with Gasteiger partial charge < -0.3 is 0 Å². The van der Waals surface area contributed by atoms with E-state index in [1.807, 2.05) is 30.3 Å². The minimum atomic E-state index is -3.78. The molecule has 2 aromatic carbocycles. The zero-order valence-electron chi connectivity index (χ0n) is 16.2. The molecule has 0 amide bonds. The molecule has 0 aliphatic carbocycles. The monoisotopic (exact) mass is 450 g/mol. The van der Waals surface area contributed by atoms with Gasteiger partial charge in [-0.25, -0.2) is 26.9 Å². The van der Waals surface area contributed by atoms with Gasteiger partial charge in [0.1, 0.15) is 11.6 Å². The van der Waals surface area contributed by atoms with Gasteiger partial charge in [-0.15, -0.1) is 0 Å². The summed E-state index contributed by atoms with van der Waals surface area (Å²) in [4.78, 5) is 12.6. The molecule has 1 fully saturated rings. The number of halogens is 2. The van der Waals surface area contributed by atoms with E-state index in [0.29, 0.717) is 18.7 Å². The highest BCUT2D eigenvalue weighted by Gasteiger charge is 2.33. The van der Waals surface area contributed by atoms with E-state index in [1.54, 1.807) is 11.6 Å². The number of aromatic nitrogens is 3. The van der Waals surface area contributed by atoms with E-state index in [2.05, 4.69) is 5.10 Å². The minimum Gasteiger partial charge on any atom is -0.247 e. The van der Waals surface area contributed by atoms with Crippen LogP contribution in [0.4, 0.5) is 4.39 Å². The normalized spacial score (nSPS) is 16.1. The lowest BCUT2D eigenvalue weighted by Crippen LogP contribution is -2.38. The van der Waals surface area contributed by atoms with E-state index in [9.17, 15) is 17.6 Å². The summed E-state index contributed by atoms with van der Waals surface area (Å²) in [5.74, 6) is -0.110. The highest BCUT2D eigenvalue weighted by Crippen LogP contribution is 2.31. The number of para-hydroxylation sites is 1. The predicted octanol–water partition coefficient (Wildman–Crippen LogP) is 2.93. The molecular formula is C20H20ClFN4O3S. The third-order valence-corrected chi connectivity index (χ3v) is 7.50. The third-order valence-electron chi connectivity index (χ3n) is 5.31. The Morgan fingerprint density at radius 2 is 1.77 bits per heavy atom. The Morgan fingerprint density at radius 1 is 1.10 bits per heavy atom. The third kappa shape index (κ3) is 3.68. The van der Waals surface area contributed by atoms with Crippen LogP contribution in [0.3, 0.4) is 0 Å². The molecule has 0 atom stereocenters. The number of hydrogen-bond donors (Lipinski definition) is 0. The van der Waals surface area contributed by atoms with Crippen LogP contribution in [0.1, 0.15) is 24.6 Å². The van der Waals surface area contributed by atoms with Crippen molar-refractivity contribution in [1.82, 2.24) is 18.7 Å². The van der Waals surface area contributed by atoms with Crippen LogP contribution in [0.25, 0.3) is 5.69 Å². The molecule has 0 saturated carbocycles. The van der Waals surface area contributed by atoms with Crippen LogP contribution in [0, 0.1) is 5.82 Å². The molecule has 30 heavy (non-hydrogen) atoms. The lowest BCUT2D eigenvalue weighted by Gasteiger charge is -2.30. The van der Waals surface area contributed by atoms with Crippen molar-refractivity contribution in [3.63, 3.8) is 0 Å². The number of hydrogen-bond acceptors (Lipinski definition) is 4. The van der Waals surface area contributed by atoms with Crippen LogP contribution in [0.15, 0.2) is 58.2 Å². The standard InChI is InChI=1S/C20H20ClFN4O3S/c1-24-20(27)26(15-5-3-2-4-6-15)19(23-24)14-9-11-25(12-10-14)30(28,29)16-7-8-18(22)17(21)13-16/h2-8,13-14H,9-12H2,1H3. The Balaban J connectivity index is 1.58. The predicted molar refractivity (Wildman–Crippen MR) is 111 cm³/mol. The SMILES string of the molecule is Cn1nc(C2CCN(S(=O)(=O)c3ccc(F)c(Cl)c3)CC2)n(-c2ccccc2)c1=O. The molecule has 1 saturated heterocycles. The van der Waals surface area contributed by atoms with Crippen LogP contribution < -0.4 is 5.69 Å². The summed E-state index contributed by atoms with van der Waals surface area (Å²) in [6.45, 7) is 0.531. The summed E-state index contributed by atoms with van der Waals surface area (Å²) in [5, 5.41) is 4.19. The minimum absolute atomic E-state index is 0.0358. The fourth-order valence-corrected chi connectivity index (χ4v) is 5.45. The maximum atomic E-state index is 13.4. The van der Waals surface area contributed by atoms with Gasteiger partial charge in [0.2, 0.25) is 10.0 Å². The molecular weight excluding hydrogens is 431 g/mol. The number of sulfonamides is 1. The first-order chi connectivity index (χ1) is 14.3. The summed E-state index contributed by atoms with van der Waals surface area (Å²) >= 11 is 5.75. The maximum Gasteiger partial charge on any atom is 0.350 e. The molecule has 0 spiro atoms. The largest absolute Gasteiger partial charge is 0.350 e. The topological polar surface area (TPSA) is 77.2 Å². The molecule has 10 heteroatoms. The van der Waals surface area contributed by atoms with Crippen molar-refractivity contribution in [2.24, 2.45) is 7.05 Å². The molecule has 1 aliphatic rings. The maximum absolute atomic E-state index is 13.4. The first kappa shape index (κ1) is 20.8. The lowest BCUT2D eigenvalue weighted by atomic mass is 9.97. The fourth-order valence-electron chi connectivity index (χ4n) is 3.71. The van der Waals surface area contributed by atoms with Gasteiger partial charge >= 0.3 is 5.69 Å².